The number of aryl methyl sites for hydroxylation is 1. The van der Waals surface area contributed by atoms with E-state index in [1.54, 1.807) is 6.07 Å². The molecule has 0 aliphatic rings. The molecule has 0 bridgehead atoms. The lowest BCUT2D eigenvalue weighted by atomic mass is 10.0. The Morgan fingerprint density at radius 1 is 1.12 bits per heavy atom. The molecule has 2 aromatic carbocycles. The maximum atomic E-state index is 12.9. The summed E-state index contributed by atoms with van der Waals surface area (Å²) in [6, 6.07) is 15.1. The minimum absolute atomic E-state index is 0.152. The molecule has 4 heteroatoms. The van der Waals surface area contributed by atoms with E-state index in [9.17, 15) is 4.79 Å². The van der Waals surface area contributed by atoms with Gasteiger partial charge in [0.1, 0.15) is 0 Å². The first-order valence-electron chi connectivity index (χ1n) is 7.93. The number of amides is 1. The van der Waals surface area contributed by atoms with E-state index >= 15 is 0 Å². The molecule has 1 N–H and O–H groups in total. The Hall–Kier alpha value is -2.39. The Morgan fingerprint density at radius 2 is 1.88 bits per heavy atom. The van der Waals surface area contributed by atoms with Crippen LogP contribution >= 0.6 is 11.6 Å². The summed E-state index contributed by atoms with van der Waals surface area (Å²) in [6.45, 7) is 6.08. The van der Waals surface area contributed by atoms with Crippen molar-refractivity contribution in [2.45, 2.75) is 26.7 Å². The second kappa shape index (κ2) is 6.62. The topological polar surface area (TPSA) is 42.0 Å². The van der Waals surface area contributed by atoms with Gasteiger partial charge in [-0.3, -0.25) is 9.78 Å². The number of carbonyl (C=O) groups excluding carboxylic acids is 1. The molecule has 0 radical (unpaired) electrons. The molecule has 0 atom stereocenters. The second-order valence-corrected chi connectivity index (χ2v) is 6.62. The van der Waals surface area contributed by atoms with Crippen LogP contribution in [0.3, 0.4) is 0 Å². The normalized spacial score (nSPS) is 11.0. The number of halogens is 1. The fourth-order valence-electron chi connectivity index (χ4n) is 2.60. The largest absolute Gasteiger partial charge is 0.322 e. The summed E-state index contributed by atoms with van der Waals surface area (Å²) < 4.78 is 0. The standard InChI is InChI=1S/C20H19ClN2O/c1-12(2)18-11-16(15-6-4-5-7-17(15)22-18)20(24)23-19-10-14(21)9-8-13(19)3/h4-12H,1-3H3,(H,23,24). The van der Waals surface area contributed by atoms with Crippen LogP contribution in [-0.2, 0) is 0 Å². The van der Waals surface area contributed by atoms with Crippen molar-refractivity contribution in [2.75, 3.05) is 5.32 Å². The molecular formula is C20H19ClN2O. The number of aromatic nitrogens is 1. The number of anilines is 1. The first kappa shape index (κ1) is 16.5. The molecule has 1 aromatic heterocycles. The van der Waals surface area contributed by atoms with Gasteiger partial charge in [-0.1, -0.05) is 49.7 Å². The van der Waals surface area contributed by atoms with Crippen LogP contribution in [-0.4, -0.2) is 10.9 Å². The molecule has 0 aliphatic carbocycles. The van der Waals surface area contributed by atoms with Gasteiger partial charge in [0, 0.05) is 21.8 Å². The summed E-state index contributed by atoms with van der Waals surface area (Å²) in [5.74, 6) is 0.0925. The molecule has 24 heavy (non-hydrogen) atoms. The highest BCUT2D eigenvalue weighted by Gasteiger charge is 2.15. The van der Waals surface area contributed by atoms with E-state index in [1.165, 1.54) is 0 Å². The molecule has 122 valence electrons. The zero-order chi connectivity index (χ0) is 17.3. The van der Waals surface area contributed by atoms with Crippen LogP contribution in [0.25, 0.3) is 10.9 Å². The number of hydrogen-bond acceptors (Lipinski definition) is 2. The average molecular weight is 339 g/mol. The summed E-state index contributed by atoms with van der Waals surface area (Å²) in [6.07, 6.45) is 0. The number of rotatable bonds is 3. The molecular weight excluding hydrogens is 320 g/mol. The van der Waals surface area contributed by atoms with E-state index in [2.05, 4.69) is 24.1 Å². The van der Waals surface area contributed by atoms with Gasteiger partial charge in [-0.25, -0.2) is 0 Å². The Labute approximate surface area is 146 Å². The Balaban J connectivity index is 2.07. The van der Waals surface area contributed by atoms with E-state index < -0.39 is 0 Å². The van der Waals surface area contributed by atoms with Gasteiger partial charge in [0.15, 0.2) is 0 Å². The van der Waals surface area contributed by atoms with Crippen molar-refractivity contribution < 1.29 is 4.79 Å². The first-order chi connectivity index (χ1) is 11.5. The third kappa shape index (κ3) is 3.26. The van der Waals surface area contributed by atoms with Gasteiger partial charge in [-0.05, 0) is 42.7 Å². The van der Waals surface area contributed by atoms with Crippen molar-refractivity contribution >= 4 is 34.1 Å². The van der Waals surface area contributed by atoms with E-state index in [1.807, 2.05) is 49.4 Å². The molecule has 0 aliphatic heterocycles. The zero-order valence-electron chi connectivity index (χ0n) is 13.9. The van der Waals surface area contributed by atoms with Crippen LogP contribution in [0.4, 0.5) is 5.69 Å². The van der Waals surface area contributed by atoms with Gasteiger partial charge in [-0.2, -0.15) is 0 Å². The fraction of sp³-hybridized carbons (Fsp3) is 0.200. The highest BCUT2D eigenvalue weighted by Crippen LogP contribution is 2.25. The lowest BCUT2D eigenvalue weighted by Gasteiger charge is -2.13. The smallest absolute Gasteiger partial charge is 0.256 e. The van der Waals surface area contributed by atoms with Gasteiger partial charge < -0.3 is 5.32 Å². The molecule has 0 saturated heterocycles. The van der Waals surface area contributed by atoms with E-state index in [0.29, 0.717) is 10.6 Å². The number of hydrogen-bond donors (Lipinski definition) is 1. The quantitative estimate of drug-likeness (QED) is 0.678. The molecule has 3 nitrogen and oxygen atoms in total. The summed E-state index contributed by atoms with van der Waals surface area (Å²) in [7, 11) is 0. The summed E-state index contributed by atoms with van der Waals surface area (Å²) >= 11 is 6.05. The predicted molar refractivity (Wildman–Crippen MR) is 100.0 cm³/mol. The number of nitrogens with zero attached hydrogens (tertiary/aromatic N) is 1. The maximum absolute atomic E-state index is 12.9. The number of fused-ring (bicyclic) bond motifs is 1. The minimum atomic E-state index is -0.152. The van der Waals surface area contributed by atoms with Crippen molar-refractivity contribution in [3.8, 4) is 0 Å². The van der Waals surface area contributed by atoms with Crippen molar-refractivity contribution in [2.24, 2.45) is 0 Å². The molecule has 1 heterocycles. The second-order valence-electron chi connectivity index (χ2n) is 6.18. The first-order valence-corrected chi connectivity index (χ1v) is 8.30. The SMILES string of the molecule is Cc1ccc(Cl)cc1NC(=O)c1cc(C(C)C)nc2ccccc12. The van der Waals surface area contributed by atoms with Crippen LogP contribution in [0.5, 0.6) is 0 Å². The third-order valence-corrected chi connectivity index (χ3v) is 4.26. The van der Waals surface area contributed by atoms with Crippen molar-refractivity contribution in [3.63, 3.8) is 0 Å². The van der Waals surface area contributed by atoms with Gasteiger partial charge >= 0.3 is 0 Å². The Bertz CT molecular complexity index is 919. The summed E-state index contributed by atoms with van der Waals surface area (Å²) in [4.78, 5) is 17.5. The van der Waals surface area contributed by atoms with E-state index in [-0.39, 0.29) is 11.8 Å². The molecule has 0 unspecified atom stereocenters. The van der Waals surface area contributed by atoms with E-state index in [4.69, 9.17) is 11.6 Å². The maximum Gasteiger partial charge on any atom is 0.256 e. The minimum Gasteiger partial charge on any atom is -0.322 e. The van der Waals surface area contributed by atoms with Crippen LogP contribution in [0, 0.1) is 6.92 Å². The summed E-state index contributed by atoms with van der Waals surface area (Å²) in [5, 5.41) is 4.42. The van der Waals surface area contributed by atoms with Crippen LogP contribution < -0.4 is 5.32 Å². The van der Waals surface area contributed by atoms with Crippen LogP contribution in [0.1, 0.15) is 41.4 Å². The number of carbonyl (C=O) groups is 1. The fourth-order valence-corrected chi connectivity index (χ4v) is 2.77. The number of para-hydroxylation sites is 1. The molecule has 0 spiro atoms. The number of nitrogens with one attached hydrogen (secondary N) is 1. The van der Waals surface area contributed by atoms with Gasteiger partial charge in [0.2, 0.25) is 0 Å². The van der Waals surface area contributed by atoms with Gasteiger partial charge in [0.25, 0.3) is 5.91 Å². The predicted octanol–water partition coefficient (Wildman–Crippen LogP) is 5.57. The van der Waals surface area contributed by atoms with Gasteiger partial charge in [-0.15, -0.1) is 0 Å². The summed E-state index contributed by atoms with van der Waals surface area (Å²) in [5.41, 5.74) is 4.05. The molecule has 3 rings (SSSR count). The van der Waals surface area contributed by atoms with Crippen molar-refractivity contribution in [3.05, 3.63) is 70.4 Å². The third-order valence-electron chi connectivity index (χ3n) is 4.02. The monoisotopic (exact) mass is 338 g/mol. The molecule has 0 fully saturated rings. The van der Waals surface area contributed by atoms with Crippen LogP contribution in [0.15, 0.2) is 48.5 Å². The number of benzene rings is 2. The lowest BCUT2D eigenvalue weighted by molar-refractivity contribution is 0.102. The van der Waals surface area contributed by atoms with E-state index in [0.717, 1.165) is 27.8 Å². The zero-order valence-corrected chi connectivity index (χ0v) is 14.7. The van der Waals surface area contributed by atoms with Crippen molar-refractivity contribution in [1.82, 2.24) is 4.98 Å². The Kier molecular flexibility index (Phi) is 4.54. The Morgan fingerprint density at radius 3 is 2.62 bits per heavy atom. The highest BCUT2D eigenvalue weighted by atomic mass is 35.5. The van der Waals surface area contributed by atoms with Crippen molar-refractivity contribution in [1.29, 1.82) is 0 Å². The average Bonchev–Trinajstić information content (AvgIpc) is 2.57. The molecule has 0 saturated carbocycles. The molecule has 1 amide bonds. The lowest BCUT2D eigenvalue weighted by Crippen LogP contribution is -2.14. The highest BCUT2D eigenvalue weighted by molar-refractivity contribution is 6.31. The van der Waals surface area contributed by atoms with Crippen LogP contribution in [0.2, 0.25) is 5.02 Å². The number of pyridine rings is 1. The van der Waals surface area contributed by atoms with Gasteiger partial charge in [0.05, 0.1) is 11.1 Å². The molecule has 3 aromatic rings.